The summed E-state index contributed by atoms with van der Waals surface area (Å²) in [5.41, 5.74) is -0.424. The average Bonchev–Trinajstić information content (AvgIpc) is 3.81. The summed E-state index contributed by atoms with van der Waals surface area (Å²) in [7, 11) is 1.39. The summed E-state index contributed by atoms with van der Waals surface area (Å²) in [4.78, 5) is 31.5. The van der Waals surface area contributed by atoms with Gasteiger partial charge in [0.15, 0.2) is 12.0 Å². The summed E-state index contributed by atoms with van der Waals surface area (Å²) in [5.74, 6) is 3.35. The Labute approximate surface area is 375 Å². The van der Waals surface area contributed by atoms with Crippen molar-refractivity contribution in [2.75, 3.05) is 39.4 Å². The van der Waals surface area contributed by atoms with Gasteiger partial charge in [-0.25, -0.2) is 9.46 Å². The Morgan fingerprint density at radius 3 is 2.06 bits per heavy atom. The van der Waals surface area contributed by atoms with Gasteiger partial charge in [0, 0.05) is 23.8 Å². The number of nitrogens with zero attached hydrogens (tertiary/aromatic N) is 4. The van der Waals surface area contributed by atoms with E-state index in [4.69, 9.17) is 39.2 Å². The summed E-state index contributed by atoms with van der Waals surface area (Å²) in [6.07, 6.45) is 4.69. The lowest BCUT2D eigenvalue weighted by Gasteiger charge is -2.41. The molecule has 14 nitrogen and oxygen atoms in total. The number of rotatable bonds is 19. The first kappa shape index (κ1) is 46.1. The number of amides is 1. The van der Waals surface area contributed by atoms with Crippen LogP contribution in [0.1, 0.15) is 73.0 Å². The number of hydrogen-bond donors (Lipinski definition) is 1. The number of carbonyl (C=O) groups is 1. The maximum atomic E-state index is 14.1. The maximum Gasteiger partial charge on any atom is 0.351 e. The highest BCUT2D eigenvalue weighted by molar-refractivity contribution is 7.44. The molecule has 332 valence electrons. The molecule has 2 fully saturated rings. The Balaban J connectivity index is 1.34. The fourth-order valence-corrected chi connectivity index (χ4v) is 10.0. The van der Waals surface area contributed by atoms with Crippen molar-refractivity contribution in [1.82, 2.24) is 14.2 Å². The molecule has 0 aliphatic carbocycles. The van der Waals surface area contributed by atoms with Crippen molar-refractivity contribution in [2.45, 2.75) is 75.8 Å². The average molecular weight is 886 g/mol. The van der Waals surface area contributed by atoms with E-state index < -0.39 is 49.8 Å². The molecule has 0 radical (unpaired) electrons. The monoisotopic (exact) mass is 885 g/mol. The third-order valence-corrected chi connectivity index (χ3v) is 13.3. The van der Waals surface area contributed by atoms with Crippen molar-refractivity contribution in [3.63, 3.8) is 0 Å². The van der Waals surface area contributed by atoms with Crippen molar-refractivity contribution in [2.24, 2.45) is 0 Å². The summed E-state index contributed by atoms with van der Waals surface area (Å²) >= 11 is 0. The minimum absolute atomic E-state index is 0.0170. The molecule has 7 rings (SSSR count). The van der Waals surface area contributed by atoms with Crippen LogP contribution < -0.4 is 20.5 Å². The number of fused-ring (bicyclic) bond motifs is 2. The molecule has 3 heterocycles. The predicted molar refractivity (Wildman–Crippen MR) is 242 cm³/mol. The highest BCUT2D eigenvalue weighted by Gasteiger charge is 2.65. The minimum atomic E-state index is -1.84. The normalized spacial score (nSPS) is 19.6. The number of aromatic nitrogens is 2. The molecule has 5 atom stereocenters. The lowest BCUT2D eigenvalue weighted by molar-refractivity contribution is -0.203. The van der Waals surface area contributed by atoms with E-state index in [1.54, 1.807) is 44.6 Å². The van der Waals surface area contributed by atoms with E-state index in [9.17, 15) is 14.9 Å². The molecule has 4 aromatic carbocycles. The number of carbonyl (C=O) groups excluding carboxylic acids is 1. The van der Waals surface area contributed by atoms with Crippen LogP contribution in [0.3, 0.4) is 0 Å². The molecule has 1 amide bonds. The molecule has 1 N–H and O–H groups in total. The molecule has 15 heteroatoms. The SMILES string of the molecule is C#Cc1cn([C@@H]2O[C@@]3(COC(c4ccccc4)(c4ccc(OC)cc4)c4ccc(OC)cc4)CO[C@@H]2[C@@H]3OP(OCCC#N)N(C(C)C)C(C)C)c(=O)nc1NC(=O)c1ccccc1. The molecule has 2 bridgehead atoms. The number of terminal acetylenes is 1. The van der Waals surface area contributed by atoms with Gasteiger partial charge in [-0.3, -0.25) is 9.36 Å². The van der Waals surface area contributed by atoms with E-state index in [0.29, 0.717) is 17.1 Å². The number of methoxy groups -OCH3 is 2. The first-order chi connectivity index (χ1) is 31.0. The second kappa shape index (κ2) is 20.3. The molecule has 0 spiro atoms. The second-order valence-electron chi connectivity index (χ2n) is 15.9. The van der Waals surface area contributed by atoms with Crippen LogP contribution in [0.15, 0.2) is 120 Å². The van der Waals surface area contributed by atoms with E-state index in [1.165, 1.54) is 10.8 Å². The standard InChI is InChI=1S/C49H52N5O9P/c1-8-35-30-53(47(56)52-44(35)51-45(55)36-16-11-9-12-17-36)46-42-43(63-64(61-29-15-28-50)54(33(2)3)34(4)5)48(62-46,31-59-42)32-60-49(37-18-13-10-14-19-37,38-20-24-40(57-6)25-21-38)39-22-26-41(58-7)27-23-39/h1,9-14,16-27,30,33-34,42-43,46H,15,29,31-32H2,2-7H3,(H,51,52,55,56)/t42-,43+,46-,48-,64?/m1/s1. The molecular formula is C49H52N5O9P. The fraction of sp³-hybridized carbons (Fsp3) is 0.347. The van der Waals surface area contributed by atoms with Gasteiger partial charge in [0.25, 0.3) is 14.4 Å². The predicted octanol–water partition coefficient (Wildman–Crippen LogP) is 7.83. The topological polar surface area (TPSA) is 156 Å². The molecule has 5 aromatic rings. The Kier molecular flexibility index (Phi) is 14.6. The van der Waals surface area contributed by atoms with E-state index in [-0.39, 0.29) is 49.7 Å². The van der Waals surface area contributed by atoms with Gasteiger partial charge in [-0.05, 0) is 80.8 Å². The Hall–Kier alpha value is -5.93. The first-order valence-corrected chi connectivity index (χ1v) is 22.1. The molecular weight excluding hydrogens is 834 g/mol. The van der Waals surface area contributed by atoms with E-state index in [2.05, 4.69) is 27.0 Å². The van der Waals surface area contributed by atoms with Gasteiger partial charge in [0.2, 0.25) is 0 Å². The zero-order chi connectivity index (χ0) is 45.4. The Bertz CT molecular complexity index is 2450. The number of anilines is 1. The van der Waals surface area contributed by atoms with Gasteiger partial charge in [-0.2, -0.15) is 10.2 Å². The van der Waals surface area contributed by atoms with Crippen LogP contribution in [0.5, 0.6) is 11.5 Å². The van der Waals surface area contributed by atoms with Gasteiger partial charge in [-0.1, -0.05) is 78.7 Å². The number of nitriles is 1. The number of hydrogen-bond acceptors (Lipinski definition) is 12. The Morgan fingerprint density at radius 1 is 0.938 bits per heavy atom. The van der Waals surface area contributed by atoms with Crippen molar-refractivity contribution in [3.8, 4) is 29.9 Å². The molecule has 2 aliphatic rings. The molecule has 1 aromatic heterocycles. The fourth-order valence-electron chi connectivity index (χ4n) is 8.19. The van der Waals surface area contributed by atoms with Crippen LogP contribution in [0.2, 0.25) is 0 Å². The van der Waals surface area contributed by atoms with E-state index >= 15 is 0 Å². The number of ether oxygens (including phenoxy) is 5. The highest BCUT2D eigenvalue weighted by atomic mass is 31.2. The lowest BCUT2D eigenvalue weighted by Crippen LogP contribution is -2.49. The van der Waals surface area contributed by atoms with Gasteiger partial charge in [0.1, 0.15) is 34.9 Å². The van der Waals surface area contributed by atoms with Crippen LogP contribution in [0.25, 0.3) is 0 Å². The largest absolute Gasteiger partial charge is 0.497 e. The van der Waals surface area contributed by atoms with Crippen LogP contribution in [0.4, 0.5) is 5.82 Å². The smallest absolute Gasteiger partial charge is 0.351 e. The number of nitrogens with one attached hydrogen (secondary N) is 1. The lowest BCUT2D eigenvalue weighted by atomic mass is 9.79. The summed E-state index contributed by atoms with van der Waals surface area (Å²) in [6.45, 7) is 8.23. The third-order valence-electron chi connectivity index (χ3n) is 11.2. The molecule has 0 saturated carbocycles. The Morgan fingerprint density at radius 2 is 1.52 bits per heavy atom. The summed E-state index contributed by atoms with van der Waals surface area (Å²) < 4.78 is 49.1. The van der Waals surface area contributed by atoms with Crippen LogP contribution in [-0.2, 0) is 28.9 Å². The van der Waals surface area contributed by atoms with Crippen LogP contribution in [-0.4, -0.2) is 84.1 Å². The molecule has 2 aliphatic heterocycles. The van der Waals surface area contributed by atoms with Gasteiger partial charge in [0.05, 0.1) is 52.1 Å². The van der Waals surface area contributed by atoms with Crippen molar-refractivity contribution in [1.29, 1.82) is 5.26 Å². The van der Waals surface area contributed by atoms with Crippen LogP contribution in [0, 0.1) is 23.7 Å². The number of benzene rings is 4. The molecule has 1 unspecified atom stereocenters. The second-order valence-corrected chi connectivity index (χ2v) is 17.3. The van der Waals surface area contributed by atoms with Crippen molar-refractivity contribution in [3.05, 3.63) is 154 Å². The first-order valence-electron chi connectivity index (χ1n) is 21.0. The molecule has 2 saturated heterocycles. The summed E-state index contributed by atoms with van der Waals surface area (Å²) in [5, 5.41) is 12.2. The van der Waals surface area contributed by atoms with E-state index in [0.717, 1.165) is 16.7 Å². The van der Waals surface area contributed by atoms with Crippen molar-refractivity contribution >= 4 is 20.3 Å². The van der Waals surface area contributed by atoms with E-state index in [1.807, 2.05) is 107 Å². The highest BCUT2D eigenvalue weighted by Crippen LogP contribution is 2.56. The van der Waals surface area contributed by atoms with Crippen LogP contribution >= 0.6 is 8.53 Å². The zero-order valence-corrected chi connectivity index (χ0v) is 37.6. The zero-order valence-electron chi connectivity index (χ0n) is 36.7. The quantitative estimate of drug-likeness (QED) is 0.0372. The van der Waals surface area contributed by atoms with Crippen molar-refractivity contribution < 1.29 is 37.5 Å². The minimum Gasteiger partial charge on any atom is -0.497 e. The third kappa shape index (κ3) is 9.32. The van der Waals surface area contributed by atoms with Gasteiger partial charge >= 0.3 is 5.69 Å². The van der Waals surface area contributed by atoms with Gasteiger partial charge in [-0.15, -0.1) is 6.42 Å². The maximum absolute atomic E-state index is 14.1. The molecule has 64 heavy (non-hydrogen) atoms. The summed E-state index contributed by atoms with van der Waals surface area (Å²) in [6, 6.07) is 35.9. The van der Waals surface area contributed by atoms with Gasteiger partial charge < -0.3 is 38.0 Å².